The molecule has 1 aliphatic heterocycles. The summed E-state index contributed by atoms with van der Waals surface area (Å²) in [5, 5.41) is 15.1. The highest BCUT2D eigenvalue weighted by Crippen LogP contribution is 2.35. The molecule has 2 aromatic rings. The number of aromatic nitrogens is 2. The maximum absolute atomic E-state index is 12.7. The highest BCUT2D eigenvalue weighted by atomic mass is 32.1. The third kappa shape index (κ3) is 2.44. The van der Waals surface area contributed by atoms with E-state index in [1.54, 1.807) is 0 Å². The van der Waals surface area contributed by atoms with Crippen molar-refractivity contribution in [1.29, 1.82) is 0 Å². The molecule has 1 saturated heterocycles. The molecule has 120 valence electrons. The minimum atomic E-state index is 0.0114. The monoisotopic (exact) mass is 321 g/mol. The Kier molecular flexibility index (Phi) is 3.99. The fourth-order valence-corrected chi connectivity index (χ4v) is 4.37. The van der Waals surface area contributed by atoms with Gasteiger partial charge >= 0.3 is 0 Å². The fraction of sp³-hybridized carbons (Fsp3) is 0.625. The van der Waals surface area contributed by atoms with Crippen LogP contribution in [-0.4, -0.2) is 45.4 Å². The smallest absolute Gasteiger partial charge is 0.264 e. The summed E-state index contributed by atoms with van der Waals surface area (Å²) in [5.41, 5.74) is 0.981. The summed E-state index contributed by atoms with van der Waals surface area (Å²) in [6.45, 7) is 5.78. The lowest BCUT2D eigenvalue weighted by molar-refractivity contribution is 0.0341. The van der Waals surface area contributed by atoms with Gasteiger partial charge in [-0.3, -0.25) is 9.48 Å². The molecule has 0 atom stereocenters. The zero-order valence-electron chi connectivity index (χ0n) is 13.4. The van der Waals surface area contributed by atoms with Crippen LogP contribution in [0.4, 0.5) is 0 Å². The number of thiophene rings is 1. The molecule has 1 amide bonds. The van der Waals surface area contributed by atoms with Gasteiger partial charge < -0.3 is 10.0 Å². The Labute approximate surface area is 134 Å². The molecular weight excluding hydrogens is 298 g/mol. The molecule has 1 aliphatic rings. The van der Waals surface area contributed by atoms with E-state index in [9.17, 15) is 9.90 Å². The van der Waals surface area contributed by atoms with Gasteiger partial charge in [-0.25, -0.2) is 0 Å². The second-order valence-electron chi connectivity index (χ2n) is 6.34. The van der Waals surface area contributed by atoms with Crippen LogP contribution in [0.15, 0.2) is 6.07 Å². The maximum atomic E-state index is 12.7. The van der Waals surface area contributed by atoms with Crippen LogP contribution in [0, 0.1) is 12.3 Å². The van der Waals surface area contributed by atoms with Gasteiger partial charge in [-0.2, -0.15) is 5.10 Å². The van der Waals surface area contributed by atoms with Crippen molar-refractivity contribution in [1.82, 2.24) is 14.7 Å². The van der Waals surface area contributed by atoms with Crippen LogP contribution in [0.3, 0.4) is 0 Å². The molecule has 0 unspecified atom stereocenters. The Hall–Kier alpha value is -1.40. The molecule has 0 aliphatic carbocycles. The van der Waals surface area contributed by atoms with Crippen LogP contribution in [0.1, 0.15) is 41.6 Å². The van der Waals surface area contributed by atoms with Gasteiger partial charge in [-0.15, -0.1) is 11.3 Å². The van der Waals surface area contributed by atoms with Crippen molar-refractivity contribution in [3.63, 3.8) is 0 Å². The highest BCUT2D eigenvalue weighted by molar-refractivity contribution is 7.20. The summed E-state index contributed by atoms with van der Waals surface area (Å²) in [6.07, 6.45) is 2.74. The van der Waals surface area contributed by atoms with Gasteiger partial charge in [0.05, 0.1) is 10.6 Å². The number of piperidine rings is 1. The summed E-state index contributed by atoms with van der Waals surface area (Å²) in [6, 6.07) is 1.97. The lowest BCUT2D eigenvalue weighted by atomic mass is 9.77. The standard InChI is InChI=1S/C16H23N3O2S/c1-4-16(10-20)5-7-19(8-6-16)14(21)13-9-12-11(2)17-18(3)15(12)22-13/h9,20H,4-8,10H2,1-3H3. The highest BCUT2D eigenvalue weighted by Gasteiger charge is 2.34. The molecule has 0 spiro atoms. The number of hydrogen-bond acceptors (Lipinski definition) is 4. The van der Waals surface area contributed by atoms with Crippen molar-refractivity contribution in [3.05, 3.63) is 16.6 Å². The first-order valence-corrected chi connectivity index (χ1v) is 8.64. The molecule has 0 bridgehead atoms. The van der Waals surface area contributed by atoms with Crippen molar-refractivity contribution < 1.29 is 9.90 Å². The number of aliphatic hydroxyl groups excluding tert-OH is 1. The van der Waals surface area contributed by atoms with Crippen LogP contribution in [0.25, 0.3) is 10.2 Å². The third-order valence-corrected chi connectivity index (χ3v) is 6.29. The Morgan fingerprint density at radius 3 is 2.68 bits per heavy atom. The van der Waals surface area contributed by atoms with Crippen molar-refractivity contribution in [2.45, 2.75) is 33.1 Å². The molecule has 0 radical (unpaired) electrons. The molecule has 1 N–H and O–H groups in total. The first-order valence-electron chi connectivity index (χ1n) is 7.83. The predicted molar refractivity (Wildman–Crippen MR) is 88.3 cm³/mol. The third-order valence-electron chi connectivity index (χ3n) is 5.10. The van der Waals surface area contributed by atoms with E-state index in [0.29, 0.717) is 0 Å². The number of nitrogens with zero attached hydrogens (tertiary/aromatic N) is 3. The van der Waals surface area contributed by atoms with Gasteiger partial charge in [-0.1, -0.05) is 6.92 Å². The molecule has 2 aromatic heterocycles. The first kappa shape index (κ1) is 15.5. The summed E-state index contributed by atoms with van der Waals surface area (Å²) < 4.78 is 1.84. The largest absolute Gasteiger partial charge is 0.396 e. The van der Waals surface area contributed by atoms with Gasteiger partial charge in [0.25, 0.3) is 5.91 Å². The number of aryl methyl sites for hydroxylation is 2. The zero-order chi connectivity index (χ0) is 15.9. The van der Waals surface area contributed by atoms with Crippen molar-refractivity contribution >= 4 is 27.5 Å². The Balaban J connectivity index is 1.78. The molecule has 1 fully saturated rings. The van der Waals surface area contributed by atoms with Crippen LogP contribution < -0.4 is 0 Å². The summed E-state index contributed by atoms with van der Waals surface area (Å²) in [4.78, 5) is 16.5. The number of hydrogen-bond donors (Lipinski definition) is 1. The fourth-order valence-electron chi connectivity index (χ4n) is 3.27. The van der Waals surface area contributed by atoms with Gasteiger partial charge in [0.1, 0.15) is 4.83 Å². The quantitative estimate of drug-likeness (QED) is 0.945. The predicted octanol–water partition coefficient (Wildman–Crippen LogP) is 2.57. The summed E-state index contributed by atoms with van der Waals surface area (Å²) in [7, 11) is 1.91. The normalized spacial score (nSPS) is 18.1. The van der Waals surface area contributed by atoms with E-state index < -0.39 is 0 Å². The van der Waals surface area contributed by atoms with Crippen LogP contribution in [0.5, 0.6) is 0 Å². The SMILES string of the molecule is CCC1(CO)CCN(C(=O)c2cc3c(C)nn(C)c3s2)CC1. The first-order chi connectivity index (χ1) is 10.5. The number of rotatable bonds is 3. The number of amides is 1. The van der Waals surface area contributed by atoms with Crippen LogP contribution >= 0.6 is 11.3 Å². The molecule has 6 heteroatoms. The average molecular weight is 321 g/mol. The van der Waals surface area contributed by atoms with Gasteiger partial charge in [0.15, 0.2) is 0 Å². The van der Waals surface area contributed by atoms with Crippen molar-refractivity contribution in [2.24, 2.45) is 12.5 Å². The molecular formula is C16H23N3O2S. The average Bonchev–Trinajstić information content (AvgIpc) is 3.09. The number of fused-ring (bicyclic) bond motifs is 1. The maximum Gasteiger partial charge on any atom is 0.264 e. The number of likely N-dealkylation sites (tertiary alicyclic amines) is 1. The van der Waals surface area contributed by atoms with Gasteiger partial charge in [-0.05, 0) is 37.7 Å². The molecule has 22 heavy (non-hydrogen) atoms. The van der Waals surface area contributed by atoms with Gasteiger partial charge in [0.2, 0.25) is 0 Å². The minimum absolute atomic E-state index is 0.0114. The van der Waals surface area contributed by atoms with E-state index in [0.717, 1.165) is 53.1 Å². The lowest BCUT2D eigenvalue weighted by Gasteiger charge is -2.40. The molecule has 0 aromatic carbocycles. The summed E-state index contributed by atoms with van der Waals surface area (Å²) in [5.74, 6) is 0.114. The molecule has 3 rings (SSSR count). The van der Waals surface area contributed by atoms with Crippen LogP contribution in [-0.2, 0) is 7.05 Å². The minimum Gasteiger partial charge on any atom is -0.396 e. The Morgan fingerprint density at radius 1 is 1.45 bits per heavy atom. The second kappa shape index (κ2) is 5.66. The molecule has 5 nitrogen and oxygen atoms in total. The van der Waals surface area contributed by atoms with Crippen molar-refractivity contribution in [2.75, 3.05) is 19.7 Å². The Morgan fingerprint density at radius 2 is 2.14 bits per heavy atom. The Bertz CT molecular complexity index is 655. The zero-order valence-corrected chi connectivity index (χ0v) is 14.2. The van der Waals surface area contributed by atoms with E-state index in [2.05, 4.69) is 12.0 Å². The number of aliphatic hydroxyl groups is 1. The second-order valence-corrected chi connectivity index (χ2v) is 7.37. The van der Waals surface area contributed by atoms with Gasteiger partial charge in [0, 0.05) is 32.1 Å². The van der Waals surface area contributed by atoms with E-state index in [4.69, 9.17) is 0 Å². The van der Waals surface area contributed by atoms with Crippen LogP contribution in [0.2, 0.25) is 0 Å². The number of carbonyl (C=O) groups is 1. The van der Waals surface area contributed by atoms with E-state index >= 15 is 0 Å². The topological polar surface area (TPSA) is 58.4 Å². The van der Waals surface area contributed by atoms with E-state index in [1.165, 1.54) is 11.3 Å². The van der Waals surface area contributed by atoms with Crippen molar-refractivity contribution in [3.8, 4) is 0 Å². The number of carbonyl (C=O) groups excluding carboxylic acids is 1. The molecule has 0 saturated carbocycles. The van der Waals surface area contributed by atoms with E-state index in [-0.39, 0.29) is 17.9 Å². The lowest BCUT2D eigenvalue weighted by Crippen LogP contribution is -2.44. The summed E-state index contributed by atoms with van der Waals surface area (Å²) >= 11 is 1.52. The molecule has 3 heterocycles. The van der Waals surface area contributed by atoms with E-state index in [1.807, 2.05) is 29.6 Å².